The van der Waals surface area contributed by atoms with E-state index >= 15 is 0 Å². The van der Waals surface area contributed by atoms with E-state index in [4.69, 9.17) is 14.6 Å². The fourth-order valence-electron chi connectivity index (χ4n) is 1.63. The van der Waals surface area contributed by atoms with E-state index in [1.165, 1.54) is 0 Å². The van der Waals surface area contributed by atoms with Gasteiger partial charge in [-0.25, -0.2) is 0 Å². The van der Waals surface area contributed by atoms with Crippen LogP contribution in [0, 0.1) is 5.41 Å². The second-order valence-electron chi connectivity index (χ2n) is 5.05. The average molecular weight is 266 g/mol. The quantitative estimate of drug-likeness (QED) is 0.733. The highest BCUT2D eigenvalue weighted by molar-refractivity contribution is 5.73. The molecule has 106 valence electrons. The van der Waals surface area contributed by atoms with E-state index in [0.29, 0.717) is 26.1 Å². The van der Waals surface area contributed by atoms with Crippen LogP contribution >= 0.6 is 0 Å². The predicted molar refractivity (Wildman–Crippen MR) is 73.8 cm³/mol. The second-order valence-corrected chi connectivity index (χ2v) is 5.05. The van der Waals surface area contributed by atoms with Crippen molar-refractivity contribution in [3.63, 3.8) is 0 Å². The maximum absolute atomic E-state index is 10.9. The summed E-state index contributed by atoms with van der Waals surface area (Å²) in [7, 11) is 0. The van der Waals surface area contributed by atoms with Gasteiger partial charge in [-0.2, -0.15) is 0 Å². The Morgan fingerprint density at radius 1 is 1.26 bits per heavy atom. The van der Waals surface area contributed by atoms with Gasteiger partial charge in [0.25, 0.3) is 0 Å². The van der Waals surface area contributed by atoms with Crippen molar-refractivity contribution >= 4 is 5.97 Å². The molecule has 0 bridgehead atoms. The number of carbonyl (C=O) groups is 1. The van der Waals surface area contributed by atoms with E-state index in [1.807, 2.05) is 31.2 Å². The molecule has 1 N–H and O–H groups in total. The summed E-state index contributed by atoms with van der Waals surface area (Å²) < 4.78 is 11.0. The summed E-state index contributed by atoms with van der Waals surface area (Å²) in [6, 6.07) is 7.46. The molecule has 0 aliphatic carbocycles. The normalized spacial score (nSPS) is 11.1. The minimum absolute atomic E-state index is 0.506. The summed E-state index contributed by atoms with van der Waals surface area (Å²) in [5, 5.41) is 9.00. The molecule has 0 aliphatic rings. The van der Waals surface area contributed by atoms with Gasteiger partial charge in [-0.3, -0.25) is 4.79 Å². The molecule has 0 atom stereocenters. The summed E-state index contributed by atoms with van der Waals surface area (Å²) in [4.78, 5) is 10.9. The van der Waals surface area contributed by atoms with Crippen molar-refractivity contribution in [2.24, 2.45) is 5.41 Å². The van der Waals surface area contributed by atoms with Gasteiger partial charge in [0.1, 0.15) is 11.5 Å². The smallest absolute Gasteiger partial charge is 0.309 e. The van der Waals surface area contributed by atoms with E-state index in [9.17, 15) is 4.79 Å². The van der Waals surface area contributed by atoms with Gasteiger partial charge in [-0.05, 0) is 45.7 Å². The highest BCUT2D eigenvalue weighted by atomic mass is 16.5. The predicted octanol–water partition coefficient (Wildman–Crippen LogP) is 3.36. The zero-order valence-electron chi connectivity index (χ0n) is 11.8. The third-order valence-electron chi connectivity index (χ3n) is 2.91. The molecule has 1 aromatic carbocycles. The molecule has 1 aromatic rings. The van der Waals surface area contributed by atoms with Crippen molar-refractivity contribution in [3.8, 4) is 11.5 Å². The van der Waals surface area contributed by atoms with E-state index in [-0.39, 0.29) is 0 Å². The van der Waals surface area contributed by atoms with Crippen LogP contribution in [-0.4, -0.2) is 24.3 Å². The molecule has 19 heavy (non-hydrogen) atoms. The lowest BCUT2D eigenvalue weighted by Gasteiger charge is -2.18. The van der Waals surface area contributed by atoms with Crippen LogP contribution in [0.2, 0.25) is 0 Å². The molecule has 1 rings (SSSR count). The van der Waals surface area contributed by atoms with Crippen LogP contribution < -0.4 is 9.47 Å². The van der Waals surface area contributed by atoms with Crippen molar-refractivity contribution < 1.29 is 19.4 Å². The van der Waals surface area contributed by atoms with Crippen LogP contribution in [-0.2, 0) is 4.79 Å². The molecule has 0 amide bonds. The Balaban J connectivity index is 2.37. The number of hydrogen-bond acceptors (Lipinski definition) is 3. The number of carboxylic acid groups (broad SMARTS) is 1. The maximum atomic E-state index is 10.9. The molecule has 0 radical (unpaired) electrons. The second kappa shape index (κ2) is 7.02. The van der Waals surface area contributed by atoms with Gasteiger partial charge >= 0.3 is 5.97 Å². The van der Waals surface area contributed by atoms with E-state index in [2.05, 4.69) is 0 Å². The fourth-order valence-corrected chi connectivity index (χ4v) is 1.63. The molecular formula is C15H22O4. The van der Waals surface area contributed by atoms with E-state index < -0.39 is 11.4 Å². The molecule has 0 aliphatic heterocycles. The number of carboxylic acids is 1. The third-order valence-corrected chi connectivity index (χ3v) is 2.91. The van der Waals surface area contributed by atoms with Gasteiger partial charge in [0.15, 0.2) is 0 Å². The van der Waals surface area contributed by atoms with E-state index in [1.54, 1.807) is 13.8 Å². The summed E-state index contributed by atoms with van der Waals surface area (Å²) in [6.45, 7) is 6.51. The summed E-state index contributed by atoms with van der Waals surface area (Å²) in [5.41, 5.74) is -0.698. The maximum Gasteiger partial charge on any atom is 0.309 e. The van der Waals surface area contributed by atoms with Crippen molar-refractivity contribution in [3.05, 3.63) is 24.3 Å². The van der Waals surface area contributed by atoms with Gasteiger partial charge in [0.05, 0.1) is 18.6 Å². The minimum Gasteiger partial charge on any atom is -0.494 e. The molecule has 4 nitrogen and oxygen atoms in total. The molecule has 4 heteroatoms. The van der Waals surface area contributed by atoms with Crippen molar-refractivity contribution in [2.45, 2.75) is 33.6 Å². The summed E-state index contributed by atoms with van der Waals surface area (Å²) >= 11 is 0. The van der Waals surface area contributed by atoms with Crippen LogP contribution in [0.25, 0.3) is 0 Å². The van der Waals surface area contributed by atoms with Gasteiger partial charge in [0, 0.05) is 6.07 Å². The lowest BCUT2D eigenvalue weighted by atomic mass is 9.88. The zero-order chi connectivity index (χ0) is 14.3. The first-order valence-corrected chi connectivity index (χ1v) is 6.55. The first kappa shape index (κ1) is 15.3. The number of hydrogen-bond donors (Lipinski definition) is 1. The van der Waals surface area contributed by atoms with Crippen LogP contribution in [0.1, 0.15) is 33.6 Å². The highest BCUT2D eigenvalue weighted by Crippen LogP contribution is 2.23. The average Bonchev–Trinajstić information content (AvgIpc) is 2.35. The van der Waals surface area contributed by atoms with Gasteiger partial charge in [0.2, 0.25) is 0 Å². The van der Waals surface area contributed by atoms with Crippen molar-refractivity contribution in [2.75, 3.05) is 13.2 Å². The standard InChI is InChI=1S/C15H22O4/c1-4-18-12-7-5-8-13(11-12)19-10-6-9-15(2,3)14(16)17/h5,7-8,11H,4,6,9-10H2,1-3H3,(H,16,17). The molecule has 0 heterocycles. The van der Waals surface area contributed by atoms with Crippen LogP contribution in [0.4, 0.5) is 0 Å². The molecule has 0 fully saturated rings. The Kier molecular flexibility index (Phi) is 5.67. The largest absolute Gasteiger partial charge is 0.494 e. The number of rotatable bonds is 8. The highest BCUT2D eigenvalue weighted by Gasteiger charge is 2.26. The summed E-state index contributed by atoms with van der Waals surface area (Å²) in [6.07, 6.45) is 1.30. The lowest BCUT2D eigenvalue weighted by Crippen LogP contribution is -2.24. The Bertz CT molecular complexity index is 412. The van der Waals surface area contributed by atoms with Crippen LogP contribution in [0.5, 0.6) is 11.5 Å². The molecule has 0 saturated carbocycles. The Labute approximate surface area is 114 Å². The first-order chi connectivity index (χ1) is 8.95. The van der Waals surface area contributed by atoms with Gasteiger partial charge in [-0.1, -0.05) is 6.07 Å². The SMILES string of the molecule is CCOc1cccc(OCCCC(C)(C)C(=O)O)c1. The fraction of sp³-hybridized carbons (Fsp3) is 0.533. The third kappa shape index (κ3) is 5.20. The van der Waals surface area contributed by atoms with Gasteiger partial charge < -0.3 is 14.6 Å². The first-order valence-electron chi connectivity index (χ1n) is 6.55. The monoisotopic (exact) mass is 266 g/mol. The Morgan fingerprint density at radius 3 is 2.47 bits per heavy atom. The number of aliphatic carboxylic acids is 1. The number of benzene rings is 1. The Hall–Kier alpha value is -1.71. The van der Waals surface area contributed by atoms with Crippen LogP contribution in [0.3, 0.4) is 0 Å². The molecular weight excluding hydrogens is 244 g/mol. The molecule has 0 aromatic heterocycles. The van der Waals surface area contributed by atoms with Crippen LogP contribution in [0.15, 0.2) is 24.3 Å². The molecule has 0 unspecified atom stereocenters. The molecule has 0 saturated heterocycles. The van der Waals surface area contributed by atoms with E-state index in [0.717, 1.165) is 11.5 Å². The number of ether oxygens (including phenoxy) is 2. The summed E-state index contributed by atoms with van der Waals surface area (Å²) in [5.74, 6) is 0.760. The lowest BCUT2D eigenvalue weighted by molar-refractivity contribution is -0.147. The molecule has 0 spiro atoms. The topological polar surface area (TPSA) is 55.8 Å². The zero-order valence-corrected chi connectivity index (χ0v) is 11.8. The van der Waals surface area contributed by atoms with Crippen molar-refractivity contribution in [1.29, 1.82) is 0 Å². The van der Waals surface area contributed by atoms with Crippen molar-refractivity contribution in [1.82, 2.24) is 0 Å². The minimum atomic E-state index is -0.772. The van der Waals surface area contributed by atoms with Gasteiger partial charge in [-0.15, -0.1) is 0 Å². The Morgan fingerprint density at radius 2 is 1.89 bits per heavy atom.